The van der Waals surface area contributed by atoms with Gasteiger partial charge in [-0.1, -0.05) is 50.2 Å². The van der Waals surface area contributed by atoms with Crippen LogP contribution in [0.25, 0.3) is 21.6 Å². The van der Waals surface area contributed by atoms with E-state index in [1.54, 1.807) is 53.8 Å². The highest BCUT2D eigenvalue weighted by atomic mass is 32.2. The largest absolute Gasteiger partial charge is 0.493 e. The van der Waals surface area contributed by atoms with E-state index in [1.807, 2.05) is 46.2 Å². The second-order valence-corrected chi connectivity index (χ2v) is 10.1. The van der Waals surface area contributed by atoms with Crippen LogP contribution < -0.4 is 9.46 Å². The number of pyridine rings is 1. The number of fused-ring (bicyclic) bond motifs is 1. The van der Waals surface area contributed by atoms with Crippen molar-refractivity contribution in [2.24, 2.45) is 0 Å². The van der Waals surface area contributed by atoms with Gasteiger partial charge in [0, 0.05) is 41.2 Å². The van der Waals surface area contributed by atoms with Gasteiger partial charge in [-0.15, -0.1) is 11.3 Å². The van der Waals surface area contributed by atoms with E-state index >= 15 is 0 Å². The average molecular weight is 562 g/mol. The molecule has 38 heavy (non-hydrogen) atoms. The first kappa shape index (κ1) is 29.5. The molecule has 0 saturated carbocycles. The molecule has 0 aliphatic carbocycles. The zero-order valence-electron chi connectivity index (χ0n) is 21.5. The van der Waals surface area contributed by atoms with E-state index in [4.69, 9.17) is 4.74 Å². The quantitative estimate of drug-likeness (QED) is 0.243. The molecule has 1 aliphatic rings. The summed E-state index contributed by atoms with van der Waals surface area (Å²) in [5.41, 5.74) is 0.262. The Labute approximate surface area is 229 Å². The normalized spacial score (nSPS) is 14.2. The summed E-state index contributed by atoms with van der Waals surface area (Å²) in [6.07, 6.45) is 3.75. The number of nitrogens with one attached hydrogen (secondary N) is 1. The molecule has 1 atom stereocenters. The van der Waals surface area contributed by atoms with Gasteiger partial charge >= 0.3 is 5.51 Å². The van der Waals surface area contributed by atoms with Crippen molar-refractivity contribution in [1.29, 1.82) is 0 Å². The molecule has 202 valence electrons. The van der Waals surface area contributed by atoms with Gasteiger partial charge in [-0.25, -0.2) is 4.98 Å². The molecule has 5 nitrogen and oxygen atoms in total. The lowest BCUT2D eigenvalue weighted by Crippen LogP contribution is -2.13. The molecule has 10 heteroatoms. The van der Waals surface area contributed by atoms with Gasteiger partial charge in [0.1, 0.15) is 5.75 Å². The van der Waals surface area contributed by atoms with Crippen molar-refractivity contribution in [2.75, 3.05) is 11.3 Å². The van der Waals surface area contributed by atoms with E-state index in [-0.39, 0.29) is 11.9 Å². The number of halogens is 3. The number of thiazole rings is 1. The number of hydrogen-bond donors (Lipinski definition) is 2. The number of hydrogen-bond acceptors (Lipinski definition) is 7. The Balaban J connectivity index is 0.000000225. The Morgan fingerprint density at radius 2 is 1.74 bits per heavy atom. The standard InChI is InChI=1S/C16H14F3NO2S.C10H10N2S.C2H6/c17-16(18,19)23-20-13-4-2-1-3-11(13)10-5-6-12-14(21)7-8-22-15(12)9-10;1-7-3-4-9(5-11-7)10-6-12-8(2)13-10;1-2/h1-6,9,14,20-21H,7-8H2;3-6H,1-2H3;1-2H3. The van der Waals surface area contributed by atoms with Crippen LogP contribution in [-0.2, 0) is 0 Å². The minimum absolute atomic E-state index is 0.297. The molecule has 2 aromatic carbocycles. The van der Waals surface area contributed by atoms with Crippen molar-refractivity contribution >= 4 is 29.0 Å². The number of aromatic nitrogens is 2. The second-order valence-electron chi connectivity index (χ2n) is 8.03. The summed E-state index contributed by atoms with van der Waals surface area (Å²) in [5, 5.41) is 11.0. The van der Waals surface area contributed by atoms with Crippen LogP contribution in [0.2, 0.25) is 0 Å². The van der Waals surface area contributed by atoms with Gasteiger partial charge in [-0.05, 0) is 37.6 Å². The first-order chi connectivity index (χ1) is 18.2. The third kappa shape index (κ3) is 8.21. The maximum Gasteiger partial charge on any atom is 0.461 e. The molecule has 1 aliphatic heterocycles. The maximum atomic E-state index is 12.4. The number of para-hydroxylation sites is 1. The number of alkyl halides is 3. The fourth-order valence-electron chi connectivity index (χ4n) is 3.58. The Morgan fingerprint density at radius 1 is 1.00 bits per heavy atom. The minimum Gasteiger partial charge on any atom is -0.493 e. The number of nitrogens with zero attached hydrogens (tertiary/aromatic N) is 2. The molecule has 3 heterocycles. The number of ether oxygens (including phenoxy) is 1. The van der Waals surface area contributed by atoms with Gasteiger partial charge in [-0.2, -0.15) is 13.2 Å². The van der Waals surface area contributed by atoms with Crippen LogP contribution in [0.15, 0.2) is 67.0 Å². The fraction of sp³-hybridized carbons (Fsp3) is 0.286. The van der Waals surface area contributed by atoms with Gasteiger partial charge in [0.15, 0.2) is 0 Å². The Morgan fingerprint density at radius 3 is 2.39 bits per heavy atom. The van der Waals surface area contributed by atoms with Crippen LogP contribution in [0.1, 0.15) is 42.6 Å². The molecule has 2 aromatic heterocycles. The van der Waals surface area contributed by atoms with Gasteiger partial charge in [0.25, 0.3) is 0 Å². The summed E-state index contributed by atoms with van der Waals surface area (Å²) >= 11 is 1.40. The average Bonchev–Trinajstić information content (AvgIpc) is 3.35. The van der Waals surface area contributed by atoms with Crippen LogP contribution in [0.5, 0.6) is 5.75 Å². The molecular formula is C28H30F3N3O2S2. The lowest BCUT2D eigenvalue weighted by Gasteiger charge is -2.23. The van der Waals surface area contributed by atoms with Crippen LogP contribution in [0.4, 0.5) is 18.9 Å². The molecule has 2 N–H and O–H groups in total. The molecule has 4 aromatic rings. The Bertz CT molecular complexity index is 1310. The zero-order chi connectivity index (χ0) is 27.7. The summed E-state index contributed by atoms with van der Waals surface area (Å²) < 4.78 is 45.1. The number of aliphatic hydroxyl groups is 1. The molecule has 0 amide bonds. The lowest BCUT2D eigenvalue weighted by atomic mass is 9.97. The Kier molecular flexibility index (Phi) is 10.6. The summed E-state index contributed by atoms with van der Waals surface area (Å²) in [7, 11) is 0. The van der Waals surface area contributed by atoms with E-state index < -0.39 is 11.6 Å². The smallest absolute Gasteiger partial charge is 0.461 e. The number of rotatable bonds is 4. The van der Waals surface area contributed by atoms with Crippen molar-refractivity contribution < 1.29 is 23.0 Å². The van der Waals surface area contributed by atoms with Crippen LogP contribution in [-0.4, -0.2) is 27.2 Å². The maximum absolute atomic E-state index is 12.4. The van der Waals surface area contributed by atoms with Gasteiger partial charge < -0.3 is 14.6 Å². The van der Waals surface area contributed by atoms with Crippen molar-refractivity contribution in [3.05, 3.63) is 83.3 Å². The number of anilines is 1. The molecule has 0 spiro atoms. The first-order valence-corrected chi connectivity index (χ1v) is 13.7. The summed E-state index contributed by atoms with van der Waals surface area (Å²) in [6, 6.07) is 16.1. The predicted molar refractivity (Wildman–Crippen MR) is 150 cm³/mol. The SMILES string of the molecule is CC.Cc1ccc(-c2cnc(C)s2)cn1.OC1CCOc2cc(-c3ccccc3NSC(F)(F)F)ccc21. The molecule has 5 rings (SSSR count). The monoisotopic (exact) mass is 561 g/mol. The van der Waals surface area contributed by atoms with Crippen molar-refractivity contribution in [2.45, 2.75) is 45.7 Å². The van der Waals surface area contributed by atoms with E-state index in [0.29, 0.717) is 35.6 Å². The zero-order valence-corrected chi connectivity index (χ0v) is 23.2. The predicted octanol–water partition coefficient (Wildman–Crippen LogP) is 8.60. The topological polar surface area (TPSA) is 67.3 Å². The number of aliphatic hydroxyl groups excluding tert-OH is 1. The van der Waals surface area contributed by atoms with Crippen molar-refractivity contribution in [3.8, 4) is 27.3 Å². The highest BCUT2D eigenvalue weighted by Gasteiger charge is 2.29. The van der Waals surface area contributed by atoms with Gasteiger partial charge in [-0.3, -0.25) is 4.98 Å². The third-order valence-electron chi connectivity index (χ3n) is 5.35. The van der Waals surface area contributed by atoms with E-state index in [0.717, 1.165) is 21.8 Å². The van der Waals surface area contributed by atoms with Crippen LogP contribution in [0.3, 0.4) is 0 Å². The highest BCUT2D eigenvalue weighted by molar-refractivity contribution is 8.01. The summed E-state index contributed by atoms with van der Waals surface area (Å²) in [5.74, 6) is 0.569. The lowest BCUT2D eigenvalue weighted by molar-refractivity contribution is -0.0323. The second kappa shape index (κ2) is 13.6. The minimum atomic E-state index is -4.36. The molecule has 0 saturated heterocycles. The van der Waals surface area contributed by atoms with Crippen molar-refractivity contribution in [3.63, 3.8) is 0 Å². The van der Waals surface area contributed by atoms with Crippen molar-refractivity contribution in [1.82, 2.24) is 9.97 Å². The van der Waals surface area contributed by atoms with Crippen LogP contribution in [0, 0.1) is 13.8 Å². The van der Waals surface area contributed by atoms with E-state index in [2.05, 4.69) is 20.8 Å². The molecule has 0 radical (unpaired) electrons. The first-order valence-electron chi connectivity index (χ1n) is 12.1. The van der Waals surface area contributed by atoms with E-state index in [9.17, 15) is 18.3 Å². The van der Waals surface area contributed by atoms with Gasteiger partial charge in [0.2, 0.25) is 0 Å². The molecule has 0 bridgehead atoms. The van der Waals surface area contributed by atoms with E-state index in [1.165, 1.54) is 4.88 Å². The molecular weight excluding hydrogens is 531 g/mol. The molecule has 0 fully saturated rings. The number of aryl methyl sites for hydroxylation is 2. The third-order valence-corrected chi connectivity index (χ3v) is 6.87. The fourth-order valence-corrected chi connectivity index (χ4v) is 4.75. The summed E-state index contributed by atoms with van der Waals surface area (Å²) in [6.45, 7) is 8.42. The van der Waals surface area contributed by atoms with Gasteiger partial charge in [0.05, 0.1) is 40.2 Å². The highest BCUT2D eigenvalue weighted by Crippen LogP contribution is 2.39. The summed E-state index contributed by atoms with van der Waals surface area (Å²) in [4.78, 5) is 9.64. The molecule has 1 unspecified atom stereocenters. The number of benzene rings is 2. The van der Waals surface area contributed by atoms with Crippen LogP contribution >= 0.6 is 23.3 Å². The Hall–Kier alpha value is -3.08.